The minimum Gasteiger partial charge on any atom is -0.481 e. The van der Waals surface area contributed by atoms with Crippen molar-refractivity contribution < 1.29 is 19.4 Å². The van der Waals surface area contributed by atoms with Crippen LogP contribution in [0.25, 0.3) is 0 Å². The zero-order chi connectivity index (χ0) is 16.0. The lowest BCUT2D eigenvalue weighted by Gasteiger charge is -2.49. The van der Waals surface area contributed by atoms with Gasteiger partial charge in [0, 0.05) is 5.92 Å². The molecule has 4 heteroatoms. The van der Waals surface area contributed by atoms with Crippen LogP contribution in [0.1, 0.15) is 72.6 Å². The van der Waals surface area contributed by atoms with Crippen LogP contribution in [0, 0.1) is 17.3 Å². The van der Waals surface area contributed by atoms with Crippen molar-refractivity contribution in [3.63, 3.8) is 0 Å². The molecular formula is C17H30O4. The number of carbonyl (C=O) groups excluding carboxylic acids is 1. The van der Waals surface area contributed by atoms with Crippen LogP contribution in [-0.4, -0.2) is 23.1 Å². The van der Waals surface area contributed by atoms with E-state index < -0.39 is 5.97 Å². The number of carbonyl (C=O) groups is 2. The average molecular weight is 298 g/mol. The topological polar surface area (TPSA) is 63.6 Å². The van der Waals surface area contributed by atoms with Gasteiger partial charge >= 0.3 is 11.9 Å². The van der Waals surface area contributed by atoms with Gasteiger partial charge in [0.25, 0.3) is 0 Å². The Morgan fingerprint density at radius 3 is 2.33 bits per heavy atom. The first-order chi connectivity index (χ1) is 9.86. The molecule has 1 fully saturated rings. The fourth-order valence-corrected chi connectivity index (χ4v) is 4.18. The van der Waals surface area contributed by atoms with Gasteiger partial charge in [0.1, 0.15) is 6.10 Å². The lowest BCUT2D eigenvalue weighted by Crippen LogP contribution is -2.46. The van der Waals surface area contributed by atoms with E-state index in [-0.39, 0.29) is 30.3 Å². The smallest absolute Gasteiger partial charge is 0.306 e. The van der Waals surface area contributed by atoms with Gasteiger partial charge in [0.15, 0.2) is 0 Å². The van der Waals surface area contributed by atoms with Crippen molar-refractivity contribution in [1.82, 2.24) is 0 Å². The van der Waals surface area contributed by atoms with E-state index in [1.54, 1.807) is 0 Å². The number of hydrogen-bond donors (Lipinski definition) is 1. The molecule has 2 atom stereocenters. The van der Waals surface area contributed by atoms with E-state index in [0.717, 1.165) is 25.7 Å². The Bertz CT molecular complexity index is 358. The Morgan fingerprint density at radius 1 is 1.24 bits per heavy atom. The van der Waals surface area contributed by atoms with Crippen molar-refractivity contribution in [2.45, 2.75) is 78.7 Å². The molecule has 0 bridgehead atoms. The van der Waals surface area contributed by atoms with Crippen molar-refractivity contribution in [3.8, 4) is 0 Å². The molecule has 0 aromatic heterocycles. The van der Waals surface area contributed by atoms with Gasteiger partial charge in [-0.25, -0.2) is 0 Å². The van der Waals surface area contributed by atoms with E-state index in [4.69, 9.17) is 9.84 Å². The summed E-state index contributed by atoms with van der Waals surface area (Å²) < 4.78 is 5.67. The number of ether oxygens (including phenoxy) is 1. The number of esters is 1. The number of rotatable bonds is 7. The van der Waals surface area contributed by atoms with Gasteiger partial charge in [-0.1, -0.05) is 40.5 Å². The molecule has 1 N–H and O–H groups in total. The molecule has 1 saturated carbocycles. The zero-order valence-electron chi connectivity index (χ0n) is 13.9. The summed E-state index contributed by atoms with van der Waals surface area (Å²) in [5.41, 5.74) is 0.254. The standard InChI is InChI=1S/C17H30O4/c1-5-17(6-2)11-7-8-13(16(17)12(3)4)21-15(20)10-9-14(18)19/h12-13,16H,5-11H2,1-4H3,(H,18,19). The van der Waals surface area contributed by atoms with Gasteiger partial charge in [0.2, 0.25) is 0 Å². The maximum Gasteiger partial charge on any atom is 0.306 e. The number of aliphatic carboxylic acids is 1. The number of carboxylic acids is 1. The summed E-state index contributed by atoms with van der Waals surface area (Å²) in [6, 6.07) is 0. The SMILES string of the molecule is CCC1(CC)CCCC(OC(=O)CCC(=O)O)C1C(C)C. The summed E-state index contributed by atoms with van der Waals surface area (Å²) in [6.07, 6.45) is 5.18. The molecule has 0 aromatic rings. The van der Waals surface area contributed by atoms with Crippen LogP contribution in [0.15, 0.2) is 0 Å². The maximum absolute atomic E-state index is 11.9. The minimum atomic E-state index is -0.951. The normalized spacial score (nSPS) is 24.8. The van der Waals surface area contributed by atoms with E-state index in [0.29, 0.717) is 11.8 Å². The second-order valence-electron chi connectivity index (χ2n) is 6.65. The van der Waals surface area contributed by atoms with Crippen molar-refractivity contribution >= 4 is 11.9 Å². The first kappa shape index (κ1) is 18.0. The maximum atomic E-state index is 11.9. The molecule has 0 heterocycles. The third-order valence-electron chi connectivity index (χ3n) is 5.22. The quantitative estimate of drug-likeness (QED) is 0.721. The molecular weight excluding hydrogens is 268 g/mol. The highest BCUT2D eigenvalue weighted by atomic mass is 16.5. The molecule has 1 aliphatic carbocycles. The van der Waals surface area contributed by atoms with Crippen LogP contribution in [0.3, 0.4) is 0 Å². The number of hydrogen-bond acceptors (Lipinski definition) is 3. The van der Waals surface area contributed by atoms with E-state index in [1.165, 1.54) is 6.42 Å². The van der Waals surface area contributed by atoms with Crippen LogP contribution >= 0.6 is 0 Å². The summed E-state index contributed by atoms with van der Waals surface area (Å²) in [5.74, 6) is -0.485. The number of carboxylic acid groups (broad SMARTS) is 1. The van der Waals surface area contributed by atoms with Gasteiger partial charge in [-0.3, -0.25) is 9.59 Å². The Morgan fingerprint density at radius 2 is 1.86 bits per heavy atom. The Hall–Kier alpha value is -1.06. The van der Waals surface area contributed by atoms with Crippen molar-refractivity contribution in [1.29, 1.82) is 0 Å². The molecule has 0 aromatic carbocycles. The van der Waals surface area contributed by atoms with E-state index >= 15 is 0 Å². The molecule has 2 unspecified atom stereocenters. The van der Waals surface area contributed by atoms with Gasteiger partial charge in [-0.15, -0.1) is 0 Å². The van der Waals surface area contributed by atoms with Crippen LogP contribution in [0.4, 0.5) is 0 Å². The van der Waals surface area contributed by atoms with Gasteiger partial charge in [0.05, 0.1) is 12.8 Å². The van der Waals surface area contributed by atoms with Crippen LogP contribution in [0.2, 0.25) is 0 Å². The van der Waals surface area contributed by atoms with Crippen molar-refractivity contribution in [2.24, 2.45) is 17.3 Å². The van der Waals surface area contributed by atoms with Crippen molar-refractivity contribution in [2.75, 3.05) is 0 Å². The molecule has 1 aliphatic rings. The second-order valence-corrected chi connectivity index (χ2v) is 6.65. The lowest BCUT2D eigenvalue weighted by molar-refractivity contribution is -0.163. The monoisotopic (exact) mass is 298 g/mol. The molecule has 122 valence electrons. The van der Waals surface area contributed by atoms with Gasteiger partial charge < -0.3 is 9.84 Å². The van der Waals surface area contributed by atoms with E-state index in [2.05, 4.69) is 27.7 Å². The summed E-state index contributed by atoms with van der Waals surface area (Å²) >= 11 is 0. The third-order valence-corrected chi connectivity index (χ3v) is 5.22. The average Bonchev–Trinajstić information content (AvgIpc) is 2.44. The fourth-order valence-electron chi connectivity index (χ4n) is 4.18. The van der Waals surface area contributed by atoms with Gasteiger partial charge in [-0.05, 0) is 30.6 Å². The largest absolute Gasteiger partial charge is 0.481 e. The summed E-state index contributed by atoms with van der Waals surface area (Å²) in [5, 5.41) is 8.66. The molecule has 0 saturated heterocycles. The highest BCUT2D eigenvalue weighted by Crippen LogP contribution is 2.50. The van der Waals surface area contributed by atoms with Crippen molar-refractivity contribution in [3.05, 3.63) is 0 Å². The molecule has 4 nitrogen and oxygen atoms in total. The Labute approximate surface area is 128 Å². The molecule has 1 rings (SSSR count). The zero-order valence-corrected chi connectivity index (χ0v) is 13.9. The minimum absolute atomic E-state index is 0.0259. The van der Waals surface area contributed by atoms with Crippen LogP contribution < -0.4 is 0 Å². The Balaban J connectivity index is 2.79. The predicted molar refractivity (Wildman–Crippen MR) is 81.9 cm³/mol. The summed E-state index contributed by atoms with van der Waals surface area (Å²) in [6.45, 7) is 8.86. The Kier molecular flexibility index (Phi) is 6.69. The first-order valence-electron chi connectivity index (χ1n) is 8.27. The molecule has 21 heavy (non-hydrogen) atoms. The summed E-state index contributed by atoms with van der Waals surface area (Å²) in [7, 11) is 0. The first-order valence-corrected chi connectivity index (χ1v) is 8.27. The molecule has 0 amide bonds. The lowest BCUT2D eigenvalue weighted by atomic mass is 9.58. The molecule has 0 radical (unpaired) electrons. The highest BCUT2D eigenvalue weighted by Gasteiger charge is 2.46. The highest BCUT2D eigenvalue weighted by molar-refractivity contribution is 5.76. The fraction of sp³-hybridized carbons (Fsp3) is 0.882. The van der Waals surface area contributed by atoms with Crippen LogP contribution in [-0.2, 0) is 14.3 Å². The second kappa shape index (κ2) is 7.81. The third kappa shape index (κ3) is 4.45. The van der Waals surface area contributed by atoms with E-state index in [1.807, 2.05) is 0 Å². The van der Waals surface area contributed by atoms with E-state index in [9.17, 15) is 9.59 Å². The van der Waals surface area contributed by atoms with Crippen LogP contribution in [0.5, 0.6) is 0 Å². The predicted octanol–water partition coefficient (Wildman–Crippen LogP) is 4.03. The summed E-state index contributed by atoms with van der Waals surface area (Å²) in [4.78, 5) is 22.4. The molecule has 0 spiro atoms. The van der Waals surface area contributed by atoms with Gasteiger partial charge in [-0.2, -0.15) is 0 Å². The molecule has 0 aliphatic heterocycles.